The number of hydrogen-bond acceptors (Lipinski definition) is 5. The third-order valence-corrected chi connectivity index (χ3v) is 5.42. The highest BCUT2D eigenvalue weighted by atomic mass is 35.5. The first-order valence-corrected chi connectivity index (χ1v) is 9.19. The standard InChI is InChI=1S/C17H15ClN4O2S/c18-13-5-3-12(4-6-13)8-21-10-15(19-20-21)17-22(16(23)11-25-17)9-14-2-1-7-24-14/h1-7,10,17H,8-9,11H2/t17-/m1/s1. The minimum atomic E-state index is -0.142. The van der Waals surface area contributed by atoms with E-state index in [1.54, 1.807) is 27.6 Å². The quantitative estimate of drug-likeness (QED) is 0.685. The van der Waals surface area contributed by atoms with E-state index in [0.717, 1.165) is 17.0 Å². The topological polar surface area (TPSA) is 64.2 Å². The summed E-state index contributed by atoms with van der Waals surface area (Å²) in [5.41, 5.74) is 1.86. The van der Waals surface area contributed by atoms with E-state index >= 15 is 0 Å². The van der Waals surface area contributed by atoms with Crippen LogP contribution in [0.2, 0.25) is 5.02 Å². The summed E-state index contributed by atoms with van der Waals surface area (Å²) in [7, 11) is 0. The molecule has 3 aromatic rings. The number of thioether (sulfide) groups is 1. The molecule has 1 aliphatic heterocycles. The summed E-state index contributed by atoms with van der Waals surface area (Å²) in [5.74, 6) is 1.28. The lowest BCUT2D eigenvalue weighted by Crippen LogP contribution is -2.27. The second-order valence-corrected chi connectivity index (χ2v) is 7.24. The largest absolute Gasteiger partial charge is 0.467 e. The molecule has 0 aliphatic carbocycles. The van der Waals surface area contributed by atoms with Crippen molar-refractivity contribution in [2.75, 3.05) is 5.75 Å². The summed E-state index contributed by atoms with van der Waals surface area (Å²) in [6.07, 6.45) is 3.50. The Hall–Kier alpha value is -2.25. The Morgan fingerprint density at radius 1 is 1.24 bits per heavy atom. The van der Waals surface area contributed by atoms with E-state index in [4.69, 9.17) is 16.0 Å². The van der Waals surface area contributed by atoms with Crippen LogP contribution >= 0.6 is 23.4 Å². The van der Waals surface area contributed by atoms with Crippen molar-refractivity contribution < 1.29 is 9.21 Å². The van der Waals surface area contributed by atoms with Crippen molar-refractivity contribution in [3.05, 3.63) is 70.9 Å². The highest BCUT2D eigenvalue weighted by molar-refractivity contribution is 8.00. The molecule has 128 valence electrons. The van der Waals surface area contributed by atoms with Gasteiger partial charge in [-0.05, 0) is 29.8 Å². The Morgan fingerprint density at radius 3 is 2.84 bits per heavy atom. The van der Waals surface area contributed by atoms with E-state index in [0.29, 0.717) is 23.9 Å². The van der Waals surface area contributed by atoms with Gasteiger partial charge in [0.1, 0.15) is 16.8 Å². The number of aromatic nitrogens is 3. The highest BCUT2D eigenvalue weighted by Crippen LogP contribution is 2.38. The van der Waals surface area contributed by atoms with Crippen LogP contribution in [-0.2, 0) is 17.9 Å². The summed E-state index contributed by atoms with van der Waals surface area (Å²) < 4.78 is 7.14. The Morgan fingerprint density at radius 2 is 2.08 bits per heavy atom. The first kappa shape index (κ1) is 16.2. The number of carbonyl (C=O) groups is 1. The molecule has 8 heteroatoms. The predicted octanol–water partition coefficient (Wildman–Crippen LogP) is 3.35. The summed E-state index contributed by atoms with van der Waals surface area (Å²) in [4.78, 5) is 14.0. The van der Waals surface area contributed by atoms with Crippen LogP contribution in [0, 0.1) is 0 Å². The normalized spacial score (nSPS) is 17.4. The molecule has 0 unspecified atom stereocenters. The van der Waals surface area contributed by atoms with Gasteiger partial charge >= 0.3 is 0 Å². The van der Waals surface area contributed by atoms with Gasteiger partial charge in [0.25, 0.3) is 0 Å². The van der Waals surface area contributed by atoms with Gasteiger partial charge in [-0.3, -0.25) is 4.79 Å². The minimum absolute atomic E-state index is 0.0821. The molecule has 2 aromatic heterocycles. The number of halogens is 1. The molecule has 0 N–H and O–H groups in total. The first-order chi connectivity index (χ1) is 12.2. The van der Waals surface area contributed by atoms with E-state index < -0.39 is 0 Å². The number of rotatable bonds is 5. The van der Waals surface area contributed by atoms with Crippen LogP contribution in [-0.4, -0.2) is 31.6 Å². The van der Waals surface area contributed by atoms with E-state index in [9.17, 15) is 4.79 Å². The zero-order chi connectivity index (χ0) is 17.2. The molecule has 3 heterocycles. The van der Waals surface area contributed by atoms with Gasteiger partial charge in [0.05, 0.1) is 31.3 Å². The Labute approximate surface area is 153 Å². The van der Waals surface area contributed by atoms with Gasteiger partial charge in [0.15, 0.2) is 0 Å². The number of nitrogens with zero attached hydrogens (tertiary/aromatic N) is 4. The van der Waals surface area contributed by atoms with Crippen molar-refractivity contribution in [3.63, 3.8) is 0 Å². The molecule has 1 aromatic carbocycles. The second-order valence-electron chi connectivity index (χ2n) is 5.73. The average molecular weight is 375 g/mol. The molecule has 1 amide bonds. The molecule has 0 saturated carbocycles. The lowest BCUT2D eigenvalue weighted by Gasteiger charge is -2.20. The van der Waals surface area contributed by atoms with E-state index in [1.165, 1.54) is 0 Å². The SMILES string of the molecule is O=C1CS[C@H](c2cn(Cc3ccc(Cl)cc3)nn2)N1Cc1ccco1. The van der Waals surface area contributed by atoms with Crippen molar-refractivity contribution in [2.24, 2.45) is 0 Å². The zero-order valence-corrected chi connectivity index (χ0v) is 14.8. The maximum absolute atomic E-state index is 12.2. The molecule has 25 heavy (non-hydrogen) atoms. The molecule has 1 saturated heterocycles. The smallest absolute Gasteiger partial charge is 0.234 e. The van der Waals surface area contributed by atoms with Crippen molar-refractivity contribution in [1.29, 1.82) is 0 Å². The maximum Gasteiger partial charge on any atom is 0.234 e. The Bertz CT molecular complexity index is 863. The highest BCUT2D eigenvalue weighted by Gasteiger charge is 2.35. The molecule has 1 fully saturated rings. The third-order valence-electron chi connectivity index (χ3n) is 3.94. The van der Waals surface area contributed by atoms with E-state index in [2.05, 4.69) is 10.3 Å². The van der Waals surface area contributed by atoms with Crippen LogP contribution in [0.3, 0.4) is 0 Å². The van der Waals surface area contributed by atoms with Gasteiger partial charge in [-0.1, -0.05) is 28.9 Å². The molecule has 0 spiro atoms. The van der Waals surface area contributed by atoms with Crippen LogP contribution in [0.4, 0.5) is 0 Å². The van der Waals surface area contributed by atoms with Gasteiger partial charge < -0.3 is 9.32 Å². The lowest BCUT2D eigenvalue weighted by atomic mass is 10.2. The Balaban J connectivity index is 1.50. The molecular weight excluding hydrogens is 360 g/mol. The molecule has 6 nitrogen and oxygen atoms in total. The van der Waals surface area contributed by atoms with E-state index in [-0.39, 0.29) is 11.3 Å². The van der Waals surface area contributed by atoms with Crippen molar-refractivity contribution in [3.8, 4) is 0 Å². The molecule has 0 bridgehead atoms. The molecule has 4 rings (SSSR count). The number of benzene rings is 1. The maximum atomic E-state index is 12.2. The Kier molecular flexibility index (Phi) is 4.50. The molecular formula is C17H15ClN4O2S. The molecule has 1 aliphatic rings. The zero-order valence-electron chi connectivity index (χ0n) is 13.2. The monoisotopic (exact) mass is 374 g/mol. The van der Waals surface area contributed by atoms with Crippen LogP contribution in [0.25, 0.3) is 0 Å². The summed E-state index contributed by atoms with van der Waals surface area (Å²) in [5, 5.41) is 9.03. The summed E-state index contributed by atoms with van der Waals surface area (Å²) in [6, 6.07) is 11.3. The fraction of sp³-hybridized carbons (Fsp3) is 0.235. The third kappa shape index (κ3) is 3.57. The fourth-order valence-electron chi connectivity index (χ4n) is 2.72. The number of furan rings is 1. The summed E-state index contributed by atoms with van der Waals surface area (Å²) >= 11 is 7.47. The van der Waals surface area contributed by atoms with Gasteiger partial charge in [-0.2, -0.15) is 0 Å². The van der Waals surface area contributed by atoms with Crippen LogP contribution in [0.15, 0.2) is 53.3 Å². The first-order valence-electron chi connectivity index (χ1n) is 7.77. The average Bonchev–Trinajstić information content (AvgIpc) is 3.34. The second kappa shape index (κ2) is 6.93. The van der Waals surface area contributed by atoms with Gasteiger partial charge in [0.2, 0.25) is 5.91 Å². The van der Waals surface area contributed by atoms with Crippen molar-refractivity contribution in [1.82, 2.24) is 19.9 Å². The van der Waals surface area contributed by atoms with Crippen molar-refractivity contribution in [2.45, 2.75) is 18.5 Å². The molecule has 1 atom stereocenters. The van der Waals surface area contributed by atoms with Crippen LogP contribution in [0.5, 0.6) is 0 Å². The van der Waals surface area contributed by atoms with Gasteiger partial charge in [0, 0.05) is 5.02 Å². The van der Waals surface area contributed by atoms with Crippen LogP contribution < -0.4 is 0 Å². The number of carbonyl (C=O) groups excluding carboxylic acids is 1. The fourth-order valence-corrected chi connectivity index (χ4v) is 3.96. The lowest BCUT2D eigenvalue weighted by molar-refractivity contribution is -0.128. The summed E-state index contributed by atoms with van der Waals surface area (Å²) in [6.45, 7) is 1.04. The number of hydrogen-bond donors (Lipinski definition) is 0. The van der Waals surface area contributed by atoms with Gasteiger partial charge in [-0.15, -0.1) is 16.9 Å². The van der Waals surface area contributed by atoms with Crippen molar-refractivity contribution >= 4 is 29.3 Å². The van der Waals surface area contributed by atoms with Gasteiger partial charge in [-0.25, -0.2) is 4.68 Å². The number of amides is 1. The van der Waals surface area contributed by atoms with E-state index in [1.807, 2.05) is 42.6 Å². The minimum Gasteiger partial charge on any atom is -0.467 e. The van der Waals surface area contributed by atoms with Crippen LogP contribution in [0.1, 0.15) is 22.4 Å². The molecule has 0 radical (unpaired) electrons. The predicted molar refractivity (Wildman–Crippen MR) is 95.0 cm³/mol.